The lowest BCUT2D eigenvalue weighted by Gasteiger charge is -2.31. The second-order valence-electron chi connectivity index (χ2n) is 6.78. The van der Waals surface area contributed by atoms with Crippen LogP contribution in [0.15, 0.2) is 52.1 Å². The van der Waals surface area contributed by atoms with Crippen LogP contribution in [0.3, 0.4) is 0 Å². The number of sulfonamides is 1. The van der Waals surface area contributed by atoms with Crippen molar-refractivity contribution in [1.82, 2.24) is 9.62 Å². The number of hydrogen-bond donors (Lipinski definition) is 2. The molecule has 3 rings (SSSR count). The Hall–Kier alpha value is -2.49. The van der Waals surface area contributed by atoms with Gasteiger partial charge in [0, 0.05) is 37.8 Å². The van der Waals surface area contributed by atoms with Crippen molar-refractivity contribution in [2.24, 2.45) is 0 Å². The molecule has 2 aromatic rings. The summed E-state index contributed by atoms with van der Waals surface area (Å²) in [5.74, 6) is -0.388. The van der Waals surface area contributed by atoms with Gasteiger partial charge >= 0.3 is 0 Å². The first-order valence-corrected chi connectivity index (χ1v) is 11.6. The van der Waals surface area contributed by atoms with E-state index in [1.54, 1.807) is 29.5 Å². The standard InChI is InChI=1S/C20H23N3O4S2/c1-15(24)21-17-3-5-19(6-4-17)29(26,27)23-11-8-18(9-12-23)22-20(25)7-2-16-10-13-28-14-16/h2-7,10,13-14,18H,8-9,11-12H2,1H3,(H,21,24)(H,22,25)/b7-2+. The Balaban J connectivity index is 1.53. The fourth-order valence-corrected chi connectivity index (χ4v) is 5.19. The summed E-state index contributed by atoms with van der Waals surface area (Å²) in [5.41, 5.74) is 1.53. The second-order valence-corrected chi connectivity index (χ2v) is 9.50. The molecule has 1 aliphatic rings. The van der Waals surface area contributed by atoms with E-state index < -0.39 is 10.0 Å². The van der Waals surface area contributed by atoms with Gasteiger partial charge in [-0.25, -0.2) is 8.42 Å². The summed E-state index contributed by atoms with van der Waals surface area (Å²) in [6.45, 7) is 2.08. The molecule has 0 atom stereocenters. The highest BCUT2D eigenvalue weighted by molar-refractivity contribution is 7.89. The molecule has 0 spiro atoms. The molecule has 1 fully saturated rings. The SMILES string of the molecule is CC(=O)Nc1ccc(S(=O)(=O)N2CCC(NC(=O)/C=C/c3ccsc3)CC2)cc1. The van der Waals surface area contributed by atoms with Gasteiger partial charge < -0.3 is 10.6 Å². The normalized spacial score (nSPS) is 16.0. The summed E-state index contributed by atoms with van der Waals surface area (Å²) < 4.78 is 27.1. The Bertz CT molecular complexity index is 975. The van der Waals surface area contributed by atoms with Gasteiger partial charge in [-0.15, -0.1) is 0 Å². The summed E-state index contributed by atoms with van der Waals surface area (Å²) >= 11 is 1.57. The lowest BCUT2D eigenvalue weighted by Crippen LogP contribution is -2.46. The molecule has 0 saturated carbocycles. The molecule has 9 heteroatoms. The van der Waals surface area contributed by atoms with Crippen molar-refractivity contribution in [2.45, 2.75) is 30.7 Å². The van der Waals surface area contributed by atoms with E-state index >= 15 is 0 Å². The van der Waals surface area contributed by atoms with E-state index in [1.807, 2.05) is 16.8 Å². The van der Waals surface area contributed by atoms with E-state index in [-0.39, 0.29) is 22.8 Å². The maximum absolute atomic E-state index is 12.8. The van der Waals surface area contributed by atoms with Crippen LogP contribution in [0, 0.1) is 0 Å². The number of amides is 2. The van der Waals surface area contributed by atoms with Crippen molar-refractivity contribution in [3.8, 4) is 0 Å². The zero-order chi connectivity index (χ0) is 20.9. The Labute approximate surface area is 174 Å². The lowest BCUT2D eigenvalue weighted by molar-refractivity contribution is -0.117. The molecule has 0 bridgehead atoms. The van der Waals surface area contributed by atoms with Crippen molar-refractivity contribution < 1.29 is 18.0 Å². The van der Waals surface area contributed by atoms with Gasteiger partial charge in [0.15, 0.2) is 0 Å². The molecule has 154 valence electrons. The molecule has 1 aromatic carbocycles. The number of anilines is 1. The maximum atomic E-state index is 12.8. The molecule has 1 aliphatic heterocycles. The zero-order valence-electron chi connectivity index (χ0n) is 16.0. The van der Waals surface area contributed by atoms with Gasteiger partial charge in [0.1, 0.15) is 0 Å². The van der Waals surface area contributed by atoms with Crippen LogP contribution in [-0.2, 0) is 19.6 Å². The van der Waals surface area contributed by atoms with Crippen LogP contribution in [0.25, 0.3) is 6.08 Å². The predicted octanol–water partition coefficient (Wildman–Crippen LogP) is 2.69. The zero-order valence-corrected chi connectivity index (χ0v) is 17.6. The second kappa shape index (κ2) is 9.34. The minimum Gasteiger partial charge on any atom is -0.350 e. The molecular formula is C20H23N3O4S2. The van der Waals surface area contributed by atoms with Crippen molar-refractivity contribution in [3.05, 3.63) is 52.7 Å². The smallest absolute Gasteiger partial charge is 0.244 e. The Morgan fingerprint density at radius 1 is 1.14 bits per heavy atom. The van der Waals surface area contributed by atoms with Gasteiger partial charge in [-0.05, 0) is 65.6 Å². The molecule has 2 heterocycles. The molecule has 0 unspecified atom stereocenters. The van der Waals surface area contributed by atoms with E-state index in [0.717, 1.165) is 5.56 Å². The van der Waals surface area contributed by atoms with E-state index in [4.69, 9.17) is 0 Å². The maximum Gasteiger partial charge on any atom is 0.244 e. The molecule has 0 aliphatic carbocycles. The van der Waals surface area contributed by atoms with E-state index in [9.17, 15) is 18.0 Å². The number of piperidine rings is 1. The summed E-state index contributed by atoms with van der Waals surface area (Å²) in [7, 11) is -3.60. The Morgan fingerprint density at radius 2 is 1.83 bits per heavy atom. The summed E-state index contributed by atoms with van der Waals surface area (Å²) in [6.07, 6.45) is 4.38. The van der Waals surface area contributed by atoms with E-state index in [2.05, 4.69) is 10.6 Å². The molecule has 1 saturated heterocycles. The van der Waals surface area contributed by atoms with Gasteiger partial charge in [0.25, 0.3) is 0 Å². The molecule has 2 N–H and O–H groups in total. The number of carbonyl (C=O) groups is 2. The van der Waals surface area contributed by atoms with Gasteiger partial charge in [0.2, 0.25) is 21.8 Å². The summed E-state index contributed by atoms with van der Waals surface area (Å²) in [5, 5.41) is 9.45. The number of rotatable bonds is 6. The minimum absolute atomic E-state index is 0.0526. The van der Waals surface area contributed by atoms with Crippen LogP contribution in [-0.4, -0.2) is 43.7 Å². The molecule has 29 heavy (non-hydrogen) atoms. The first-order chi connectivity index (χ1) is 13.8. The topological polar surface area (TPSA) is 95.6 Å². The summed E-state index contributed by atoms with van der Waals surface area (Å²) in [6, 6.07) is 8.00. The van der Waals surface area contributed by atoms with Crippen LogP contribution in [0.2, 0.25) is 0 Å². The van der Waals surface area contributed by atoms with Crippen molar-refractivity contribution in [3.63, 3.8) is 0 Å². The Kier molecular flexibility index (Phi) is 6.83. The van der Waals surface area contributed by atoms with Crippen LogP contribution in [0.4, 0.5) is 5.69 Å². The molecular weight excluding hydrogens is 410 g/mol. The van der Waals surface area contributed by atoms with Gasteiger partial charge in [-0.1, -0.05) is 0 Å². The average molecular weight is 434 g/mol. The summed E-state index contributed by atoms with van der Waals surface area (Å²) in [4.78, 5) is 23.3. The van der Waals surface area contributed by atoms with Gasteiger partial charge in [-0.2, -0.15) is 15.6 Å². The lowest BCUT2D eigenvalue weighted by atomic mass is 10.1. The third-order valence-corrected chi connectivity index (χ3v) is 7.20. The van der Waals surface area contributed by atoms with Crippen molar-refractivity contribution in [1.29, 1.82) is 0 Å². The van der Waals surface area contributed by atoms with Crippen molar-refractivity contribution >= 4 is 44.9 Å². The number of benzene rings is 1. The van der Waals surface area contributed by atoms with E-state index in [0.29, 0.717) is 31.6 Å². The number of nitrogens with zero attached hydrogens (tertiary/aromatic N) is 1. The minimum atomic E-state index is -3.60. The van der Waals surface area contributed by atoms with Crippen molar-refractivity contribution in [2.75, 3.05) is 18.4 Å². The number of hydrogen-bond acceptors (Lipinski definition) is 5. The van der Waals surface area contributed by atoms with E-state index in [1.165, 1.54) is 29.4 Å². The van der Waals surface area contributed by atoms with Gasteiger partial charge in [-0.3, -0.25) is 9.59 Å². The highest BCUT2D eigenvalue weighted by atomic mass is 32.2. The quantitative estimate of drug-likeness (QED) is 0.685. The first-order valence-electron chi connectivity index (χ1n) is 9.23. The Morgan fingerprint density at radius 3 is 2.41 bits per heavy atom. The molecule has 1 aromatic heterocycles. The molecule has 2 amide bonds. The highest BCUT2D eigenvalue weighted by Crippen LogP contribution is 2.22. The number of nitrogens with one attached hydrogen (secondary N) is 2. The molecule has 7 nitrogen and oxygen atoms in total. The fraction of sp³-hybridized carbons (Fsp3) is 0.300. The fourth-order valence-electron chi connectivity index (χ4n) is 3.09. The monoisotopic (exact) mass is 433 g/mol. The van der Waals surface area contributed by atoms with Crippen LogP contribution >= 0.6 is 11.3 Å². The van der Waals surface area contributed by atoms with Crippen LogP contribution in [0.1, 0.15) is 25.3 Å². The highest BCUT2D eigenvalue weighted by Gasteiger charge is 2.29. The molecule has 0 radical (unpaired) electrons. The first kappa shape index (κ1) is 21.2. The van der Waals surface area contributed by atoms with Crippen LogP contribution in [0.5, 0.6) is 0 Å². The largest absolute Gasteiger partial charge is 0.350 e. The third kappa shape index (κ3) is 5.75. The average Bonchev–Trinajstić information content (AvgIpc) is 3.20. The number of carbonyl (C=O) groups excluding carboxylic acids is 2. The predicted molar refractivity (Wildman–Crippen MR) is 114 cm³/mol. The number of thiophene rings is 1. The van der Waals surface area contributed by atoms with Crippen LogP contribution < -0.4 is 10.6 Å². The third-order valence-electron chi connectivity index (χ3n) is 4.58. The van der Waals surface area contributed by atoms with Gasteiger partial charge in [0.05, 0.1) is 4.90 Å².